The summed E-state index contributed by atoms with van der Waals surface area (Å²) in [6, 6.07) is 4.29. The lowest BCUT2D eigenvalue weighted by molar-refractivity contribution is 0.341. The number of hydrogen-bond donors (Lipinski definition) is 1. The van der Waals surface area contributed by atoms with Gasteiger partial charge in [-0.05, 0) is 54.3 Å². The number of aryl methyl sites for hydroxylation is 1. The van der Waals surface area contributed by atoms with Gasteiger partial charge in [0.05, 0.1) is 5.41 Å². The van der Waals surface area contributed by atoms with Crippen molar-refractivity contribution >= 4 is 11.3 Å². The SMILES string of the molecule is Cc1ncc2c(c1-c1noc([C@@]3(c4cccs4)CC3(C)C)n1)CCNC2. The monoisotopic (exact) mass is 366 g/mol. The summed E-state index contributed by atoms with van der Waals surface area (Å²) >= 11 is 1.77. The average Bonchev–Trinajstić information content (AvgIpc) is 3.10. The first-order valence-corrected chi connectivity index (χ1v) is 9.97. The van der Waals surface area contributed by atoms with Crippen LogP contribution in [0.15, 0.2) is 28.2 Å². The van der Waals surface area contributed by atoms with Crippen LogP contribution in [-0.4, -0.2) is 21.7 Å². The molecule has 0 bridgehead atoms. The molecule has 5 rings (SSSR count). The molecule has 1 fully saturated rings. The fraction of sp³-hybridized carbons (Fsp3) is 0.450. The minimum absolute atomic E-state index is 0.134. The molecule has 1 N–H and O–H groups in total. The quantitative estimate of drug-likeness (QED) is 0.762. The Bertz CT molecular complexity index is 976. The maximum Gasteiger partial charge on any atom is 0.239 e. The summed E-state index contributed by atoms with van der Waals surface area (Å²) in [5.74, 6) is 1.42. The molecule has 26 heavy (non-hydrogen) atoms. The molecule has 1 aliphatic heterocycles. The molecular formula is C20H22N4OS. The largest absolute Gasteiger partial charge is 0.338 e. The Hall–Kier alpha value is -2.05. The van der Waals surface area contributed by atoms with Gasteiger partial charge in [-0.15, -0.1) is 11.3 Å². The predicted octanol–water partition coefficient (Wildman–Crippen LogP) is 3.86. The molecule has 3 aromatic rings. The van der Waals surface area contributed by atoms with Crippen molar-refractivity contribution in [3.05, 3.63) is 51.3 Å². The van der Waals surface area contributed by atoms with Crippen molar-refractivity contribution < 1.29 is 4.52 Å². The van der Waals surface area contributed by atoms with Crippen LogP contribution in [0.1, 0.15) is 47.9 Å². The molecule has 1 atom stereocenters. The van der Waals surface area contributed by atoms with Gasteiger partial charge in [0.15, 0.2) is 0 Å². The van der Waals surface area contributed by atoms with Crippen molar-refractivity contribution in [2.45, 2.75) is 45.6 Å². The molecule has 5 nitrogen and oxygen atoms in total. The van der Waals surface area contributed by atoms with Crippen LogP contribution in [-0.2, 0) is 18.4 Å². The van der Waals surface area contributed by atoms with Crippen molar-refractivity contribution in [1.29, 1.82) is 0 Å². The molecule has 0 radical (unpaired) electrons. The lowest BCUT2D eigenvalue weighted by Crippen LogP contribution is -2.25. The maximum atomic E-state index is 5.85. The van der Waals surface area contributed by atoms with E-state index in [0.717, 1.165) is 43.1 Å². The number of hydrogen-bond acceptors (Lipinski definition) is 6. The first-order chi connectivity index (χ1) is 12.5. The van der Waals surface area contributed by atoms with Crippen LogP contribution in [0.3, 0.4) is 0 Å². The highest BCUT2D eigenvalue weighted by molar-refractivity contribution is 7.10. The van der Waals surface area contributed by atoms with E-state index in [1.165, 1.54) is 16.0 Å². The molecule has 0 saturated heterocycles. The van der Waals surface area contributed by atoms with Crippen LogP contribution >= 0.6 is 11.3 Å². The molecule has 1 saturated carbocycles. The lowest BCUT2D eigenvalue weighted by Gasteiger charge is -2.19. The average molecular weight is 366 g/mol. The van der Waals surface area contributed by atoms with E-state index in [-0.39, 0.29) is 10.8 Å². The number of aromatic nitrogens is 3. The Morgan fingerprint density at radius 1 is 1.31 bits per heavy atom. The van der Waals surface area contributed by atoms with Gasteiger partial charge in [-0.2, -0.15) is 4.98 Å². The number of rotatable bonds is 3. The number of nitrogens with zero attached hydrogens (tertiary/aromatic N) is 3. The van der Waals surface area contributed by atoms with Gasteiger partial charge >= 0.3 is 0 Å². The van der Waals surface area contributed by atoms with Crippen LogP contribution in [0.25, 0.3) is 11.4 Å². The molecule has 134 valence electrons. The highest BCUT2D eigenvalue weighted by Gasteiger charge is 2.67. The van der Waals surface area contributed by atoms with E-state index in [0.29, 0.717) is 5.82 Å². The zero-order valence-electron chi connectivity index (χ0n) is 15.3. The fourth-order valence-corrected chi connectivity index (χ4v) is 5.49. The smallest absolute Gasteiger partial charge is 0.239 e. The first kappa shape index (κ1) is 16.1. The molecule has 6 heteroatoms. The minimum atomic E-state index is -0.149. The van der Waals surface area contributed by atoms with Crippen LogP contribution in [0.2, 0.25) is 0 Å². The van der Waals surface area contributed by atoms with Gasteiger partial charge in [-0.3, -0.25) is 4.98 Å². The Labute approximate surface area is 156 Å². The number of fused-ring (bicyclic) bond motifs is 1. The summed E-state index contributed by atoms with van der Waals surface area (Å²) < 4.78 is 5.85. The van der Waals surface area contributed by atoms with E-state index < -0.39 is 0 Å². The standard InChI is InChI=1S/C20H22N4OS/c1-12-16(14-6-7-21-9-13(14)10-22-12)17-23-18(25-24-17)20(11-19(20,2)3)15-5-4-8-26-15/h4-5,8,10,21H,6-7,9,11H2,1-3H3/t20-/m0/s1. The summed E-state index contributed by atoms with van der Waals surface area (Å²) in [4.78, 5) is 10.8. The van der Waals surface area contributed by atoms with Crippen molar-refractivity contribution in [1.82, 2.24) is 20.4 Å². The van der Waals surface area contributed by atoms with Gasteiger partial charge in [0.25, 0.3) is 0 Å². The highest BCUT2D eigenvalue weighted by Crippen LogP contribution is 2.68. The fourth-order valence-electron chi connectivity index (χ4n) is 4.40. The van der Waals surface area contributed by atoms with Gasteiger partial charge in [0, 0.05) is 28.9 Å². The van der Waals surface area contributed by atoms with E-state index in [1.54, 1.807) is 11.3 Å². The Kier molecular flexibility index (Phi) is 3.40. The maximum absolute atomic E-state index is 5.85. The van der Waals surface area contributed by atoms with Gasteiger partial charge in [0.1, 0.15) is 0 Å². The van der Waals surface area contributed by atoms with Crippen molar-refractivity contribution in [2.24, 2.45) is 5.41 Å². The molecule has 1 aliphatic carbocycles. The van der Waals surface area contributed by atoms with Gasteiger partial charge in [-0.25, -0.2) is 0 Å². The second-order valence-corrected chi connectivity index (χ2v) is 8.96. The Morgan fingerprint density at radius 2 is 2.15 bits per heavy atom. The van der Waals surface area contributed by atoms with Crippen molar-refractivity contribution in [3.8, 4) is 11.4 Å². The molecule has 0 amide bonds. The third kappa shape index (κ3) is 2.15. The number of nitrogens with one attached hydrogen (secondary N) is 1. The van der Waals surface area contributed by atoms with Crippen LogP contribution < -0.4 is 5.32 Å². The summed E-state index contributed by atoms with van der Waals surface area (Å²) in [7, 11) is 0. The molecule has 4 heterocycles. The molecular weight excluding hydrogens is 344 g/mol. The molecule has 0 unspecified atom stereocenters. The van der Waals surface area contributed by atoms with Crippen molar-refractivity contribution in [2.75, 3.05) is 6.54 Å². The summed E-state index contributed by atoms with van der Waals surface area (Å²) in [6.07, 6.45) is 3.98. The topological polar surface area (TPSA) is 63.8 Å². The number of pyridine rings is 1. The predicted molar refractivity (Wildman–Crippen MR) is 101 cm³/mol. The van der Waals surface area contributed by atoms with E-state index in [4.69, 9.17) is 9.51 Å². The Balaban J connectivity index is 1.63. The van der Waals surface area contributed by atoms with Gasteiger partial charge < -0.3 is 9.84 Å². The normalized spacial score (nSPS) is 23.7. The second-order valence-electron chi connectivity index (χ2n) is 8.02. The van der Waals surface area contributed by atoms with E-state index in [9.17, 15) is 0 Å². The Morgan fingerprint density at radius 3 is 2.88 bits per heavy atom. The molecule has 2 aliphatic rings. The molecule has 3 aromatic heterocycles. The summed E-state index contributed by atoms with van der Waals surface area (Å²) in [5.41, 5.74) is 4.56. The van der Waals surface area contributed by atoms with E-state index in [1.807, 2.05) is 13.1 Å². The van der Waals surface area contributed by atoms with Gasteiger partial charge in [-0.1, -0.05) is 25.1 Å². The lowest BCUT2D eigenvalue weighted by atomic mass is 9.93. The zero-order valence-corrected chi connectivity index (χ0v) is 16.1. The van der Waals surface area contributed by atoms with E-state index in [2.05, 4.69) is 46.8 Å². The summed E-state index contributed by atoms with van der Waals surface area (Å²) in [5, 5.41) is 9.92. The van der Waals surface area contributed by atoms with Crippen LogP contribution in [0.4, 0.5) is 0 Å². The zero-order chi connectivity index (χ0) is 17.9. The van der Waals surface area contributed by atoms with E-state index >= 15 is 0 Å². The minimum Gasteiger partial charge on any atom is -0.338 e. The second kappa shape index (κ2) is 5.47. The number of thiophene rings is 1. The molecule has 0 spiro atoms. The molecule has 0 aromatic carbocycles. The van der Waals surface area contributed by atoms with Gasteiger partial charge in [0.2, 0.25) is 11.7 Å². The van der Waals surface area contributed by atoms with Crippen LogP contribution in [0, 0.1) is 12.3 Å². The van der Waals surface area contributed by atoms with Crippen LogP contribution in [0.5, 0.6) is 0 Å². The third-order valence-corrected chi connectivity index (χ3v) is 7.06. The highest BCUT2D eigenvalue weighted by atomic mass is 32.1. The summed E-state index contributed by atoms with van der Waals surface area (Å²) in [6.45, 7) is 8.41. The first-order valence-electron chi connectivity index (χ1n) is 9.09. The van der Waals surface area contributed by atoms with Crippen molar-refractivity contribution in [3.63, 3.8) is 0 Å². The third-order valence-electron chi connectivity index (χ3n) is 6.03.